The van der Waals surface area contributed by atoms with E-state index in [1.54, 1.807) is 0 Å². The van der Waals surface area contributed by atoms with E-state index >= 15 is 0 Å². The average molecular weight is 1000 g/mol. The first kappa shape index (κ1) is 68.1. The molecule has 0 rings (SSSR count). The van der Waals surface area contributed by atoms with Crippen molar-refractivity contribution in [1.82, 2.24) is 0 Å². The molecular formula is C66H110O6. The van der Waals surface area contributed by atoms with Crippen LogP contribution in [0.3, 0.4) is 0 Å². The fourth-order valence-electron chi connectivity index (χ4n) is 8.08. The molecule has 0 amide bonds. The summed E-state index contributed by atoms with van der Waals surface area (Å²) >= 11 is 0. The zero-order chi connectivity index (χ0) is 52.2. The third kappa shape index (κ3) is 57.0. The number of carbonyl (C=O) groups is 3. The Morgan fingerprint density at radius 2 is 0.542 bits per heavy atom. The first-order valence-corrected chi connectivity index (χ1v) is 29.9. The number of unbranched alkanes of at least 4 members (excludes halogenated alkanes) is 24. The van der Waals surface area contributed by atoms with Gasteiger partial charge in [0.25, 0.3) is 0 Å². The second kappa shape index (κ2) is 59.6. The molecule has 0 aromatic carbocycles. The lowest BCUT2D eigenvalue weighted by Gasteiger charge is -2.18. The second-order valence-electron chi connectivity index (χ2n) is 19.5. The normalized spacial score (nSPS) is 12.9. The Bertz CT molecular complexity index is 1470. The summed E-state index contributed by atoms with van der Waals surface area (Å²) in [5.74, 6) is -0.918. The van der Waals surface area contributed by atoms with Crippen LogP contribution in [-0.4, -0.2) is 37.2 Å². The number of hydrogen-bond donors (Lipinski definition) is 0. The first-order valence-electron chi connectivity index (χ1n) is 29.9. The summed E-state index contributed by atoms with van der Waals surface area (Å²) in [5.41, 5.74) is 0. The summed E-state index contributed by atoms with van der Waals surface area (Å²) in [5, 5.41) is 0. The molecule has 0 saturated carbocycles. The Kier molecular flexibility index (Phi) is 56.4. The van der Waals surface area contributed by atoms with E-state index in [1.165, 1.54) is 109 Å². The van der Waals surface area contributed by atoms with Crippen molar-refractivity contribution in [2.75, 3.05) is 13.2 Å². The van der Waals surface area contributed by atoms with Gasteiger partial charge in [-0.05, 0) is 89.9 Å². The largest absolute Gasteiger partial charge is 0.462 e. The quantitative estimate of drug-likeness (QED) is 0.0261. The third-order valence-corrected chi connectivity index (χ3v) is 12.5. The lowest BCUT2D eigenvalue weighted by molar-refractivity contribution is -0.167. The van der Waals surface area contributed by atoms with Crippen LogP contribution in [0.2, 0.25) is 0 Å². The summed E-state index contributed by atoms with van der Waals surface area (Å²) in [7, 11) is 0. The summed E-state index contributed by atoms with van der Waals surface area (Å²) in [4.78, 5) is 38.0. The predicted molar refractivity (Wildman–Crippen MR) is 311 cm³/mol. The van der Waals surface area contributed by atoms with Crippen molar-refractivity contribution < 1.29 is 28.6 Å². The molecule has 0 aromatic heterocycles. The maximum Gasteiger partial charge on any atom is 0.306 e. The van der Waals surface area contributed by atoms with Crippen LogP contribution in [0.25, 0.3) is 0 Å². The highest BCUT2D eigenvalue weighted by Gasteiger charge is 2.19. The Hall–Kier alpha value is -3.93. The van der Waals surface area contributed by atoms with Gasteiger partial charge in [0, 0.05) is 19.3 Å². The van der Waals surface area contributed by atoms with Crippen LogP contribution in [0.5, 0.6) is 0 Å². The highest BCUT2D eigenvalue weighted by atomic mass is 16.6. The maximum atomic E-state index is 12.8. The number of hydrogen-bond acceptors (Lipinski definition) is 6. The van der Waals surface area contributed by atoms with E-state index in [2.05, 4.69) is 130 Å². The highest BCUT2D eigenvalue weighted by Crippen LogP contribution is 2.15. The van der Waals surface area contributed by atoms with E-state index in [0.29, 0.717) is 19.3 Å². The molecule has 0 spiro atoms. The molecule has 0 fully saturated rings. The Morgan fingerprint density at radius 1 is 0.292 bits per heavy atom. The average Bonchev–Trinajstić information content (AvgIpc) is 3.38. The molecule has 0 aromatic rings. The van der Waals surface area contributed by atoms with Crippen LogP contribution in [0.1, 0.15) is 271 Å². The molecule has 0 heterocycles. The van der Waals surface area contributed by atoms with Gasteiger partial charge in [-0.15, -0.1) is 0 Å². The standard InChI is InChI=1S/C66H110O6/c1-4-7-10-13-16-19-22-24-25-26-27-28-29-30-31-32-33-34-35-36-37-38-39-40-41-42-45-47-50-53-56-59-65(68)71-62-63(61-70-64(67)58-55-52-49-46-43-21-18-15-12-9-6-3)72-66(69)60-57-54-51-48-44-23-20-17-14-11-8-5-2/h7,10,16,19,24-25,27-28,30-31,33-34,36-37,39-40,42,45,63H,4-6,8-9,11-15,17-18,20-23,26,29,32,35,38,41,43-44,46-62H2,1-3H3/b10-7-,19-16-,25-24-,28-27-,31-30-,34-33-,37-36-,40-39-,45-42-. The maximum absolute atomic E-state index is 12.8. The van der Waals surface area contributed by atoms with Gasteiger partial charge < -0.3 is 14.2 Å². The first-order chi connectivity index (χ1) is 35.5. The summed E-state index contributed by atoms with van der Waals surface area (Å²) < 4.78 is 16.8. The zero-order valence-corrected chi connectivity index (χ0v) is 46.9. The molecule has 0 bridgehead atoms. The summed E-state index contributed by atoms with van der Waals surface area (Å²) in [6.45, 7) is 6.49. The van der Waals surface area contributed by atoms with E-state index in [-0.39, 0.29) is 31.1 Å². The molecule has 1 unspecified atom stereocenters. The van der Waals surface area contributed by atoms with Crippen LogP contribution >= 0.6 is 0 Å². The molecule has 6 heteroatoms. The number of rotatable bonds is 53. The fourth-order valence-corrected chi connectivity index (χ4v) is 8.08. The molecule has 0 aliphatic rings. The lowest BCUT2D eigenvalue weighted by atomic mass is 10.0. The minimum Gasteiger partial charge on any atom is -0.462 e. The molecule has 0 radical (unpaired) electrons. The van der Waals surface area contributed by atoms with Crippen molar-refractivity contribution in [2.45, 2.75) is 277 Å². The molecule has 0 saturated heterocycles. The smallest absolute Gasteiger partial charge is 0.306 e. The number of ether oxygens (including phenoxy) is 3. The molecular weight excluding hydrogens is 889 g/mol. The van der Waals surface area contributed by atoms with E-state index in [0.717, 1.165) is 122 Å². The van der Waals surface area contributed by atoms with Crippen molar-refractivity contribution in [2.24, 2.45) is 0 Å². The highest BCUT2D eigenvalue weighted by molar-refractivity contribution is 5.71. The summed E-state index contributed by atoms with van der Waals surface area (Å²) in [6, 6.07) is 0. The predicted octanol–water partition coefficient (Wildman–Crippen LogP) is 20.3. The molecule has 0 aliphatic heterocycles. The minimum absolute atomic E-state index is 0.0857. The molecule has 1 atom stereocenters. The van der Waals surface area contributed by atoms with Crippen molar-refractivity contribution in [1.29, 1.82) is 0 Å². The van der Waals surface area contributed by atoms with Gasteiger partial charge in [0.05, 0.1) is 0 Å². The Labute approximate surface area is 444 Å². The van der Waals surface area contributed by atoms with Crippen LogP contribution in [0.15, 0.2) is 109 Å². The Morgan fingerprint density at radius 3 is 0.847 bits per heavy atom. The Balaban J connectivity index is 4.29. The van der Waals surface area contributed by atoms with Gasteiger partial charge in [0.1, 0.15) is 13.2 Å². The monoisotopic (exact) mass is 999 g/mol. The van der Waals surface area contributed by atoms with E-state index in [4.69, 9.17) is 14.2 Å². The van der Waals surface area contributed by atoms with Crippen molar-refractivity contribution in [3.05, 3.63) is 109 Å². The van der Waals surface area contributed by atoms with Gasteiger partial charge >= 0.3 is 17.9 Å². The second-order valence-corrected chi connectivity index (χ2v) is 19.5. The van der Waals surface area contributed by atoms with E-state index in [1.807, 2.05) is 0 Å². The third-order valence-electron chi connectivity index (χ3n) is 12.5. The fraction of sp³-hybridized carbons (Fsp3) is 0.682. The van der Waals surface area contributed by atoms with Gasteiger partial charge in [-0.2, -0.15) is 0 Å². The molecule has 410 valence electrons. The number of esters is 3. The summed E-state index contributed by atoms with van der Waals surface area (Å²) in [6.07, 6.45) is 80.9. The van der Waals surface area contributed by atoms with Gasteiger partial charge in [-0.25, -0.2) is 0 Å². The van der Waals surface area contributed by atoms with Crippen LogP contribution < -0.4 is 0 Å². The van der Waals surface area contributed by atoms with Gasteiger partial charge in [-0.1, -0.05) is 271 Å². The van der Waals surface area contributed by atoms with Crippen LogP contribution in [-0.2, 0) is 28.6 Å². The number of allylic oxidation sites excluding steroid dienone is 18. The number of carbonyl (C=O) groups excluding carboxylic acids is 3. The van der Waals surface area contributed by atoms with E-state index < -0.39 is 6.10 Å². The minimum atomic E-state index is -0.788. The van der Waals surface area contributed by atoms with Crippen molar-refractivity contribution in [3.8, 4) is 0 Å². The van der Waals surface area contributed by atoms with Crippen molar-refractivity contribution in [3.63, 3.8) is 0 Å². The van der Waals surface area contributed by atoms with Crippen molar-refractivity contribution >= 4 is 17.9 Å². The topological polar surface area (TPSA) is 78.9 Å². The SMILES string of the molecule is CC/C=C\C/C=C\C/C=C\C/C=C\C/C=C\C/C=C\C/C=C\C/C=C\C/C=C\CCCCCC(=O)OCC(COC(=O)CCCCCCCCCCCCC)OC(=O)CCCCCCCCCCCCCC. The van der Waals surface area contributed by atoms with Gasteiger partial charge in [0.15, 0.2) is 6.10 Å². The lowest BCUT2D eigenvalue weighted by Crippen LogP contribution is -2.30. The van der Waals surface area contributed by atoms with Crippen LogP contribution in [0, 0.1) is 0 Å². The van der Waals surface area contributed by atoms with E-state index in [9.17, 15) is 14.4 Å². The van der Waals surface area contributed by atoms with Gasteiger partial charge in [0.2, 0.25) is 0 Å². The van der Waals surface area contributed by atoms with Crippen LogP contribution in [0.4, 0.5) is 0 Å². The zero-order valence-electron chi connectivity index (χ0n) is 46.9. The molecule has 72 heavy (non-hydrogen) atoms. The van der Waals surface area contributed by atoms with Gasteiger partial charge in [-0.3, -0.25) is 14.4 Å². The molecule has 6 nitrogen and oxygen atoms in total. The molecule has 0 aliphatic carbocycles. The molecule has 0 N–H and O–H groups in total.